The van der Waals surface area contributed by atoms with E-state index in [2.05, 4.69) is 26.0 Å². The molecule has 0 aromatic carbocycles. The highest BCUT2D eigenvalue weighted by Crippen LogP contribution is 2.27. The smallest absolute Gasteiger partial charge is 0.0575 e. The topological polar surface area (TPSA) is 9.23 Å². The molecule has 0 heterocycles. The molecule has 1 rings (SSSR count). The molecule has 0 bridgehead atoms. The fourth-order valence-electron chi connectivity index (χ4n) is 2.50. The maximum absolute atomic E-state index is 5.93. The zero-order chi connectivity index (χ0) is 11.6. The highest BCUT2D eigenvalue weighted by atomic mass is 16.5. The number of rotatable bonds is 7. The Bertz CT molecular complexity index is 178. The summed E-state index contributed by atoms with van der Waals surface area (Å²) in [5.74, 6) is 0.824. The molecule has 0 aromatic heterocycles. The molecule has 0 amide bonds. The normalized spacial score (nSPS) is 26.4. The first-order valence-electron chi connectivity index (χ1n) is 7.11. The van der Waals surface area contributed by atoms with Crippen LogP contribution in [0.25, 0.3) is 0 Å². The summed E-state index contributed by atoms with van der Waals surface area (Å²) in [5, 5.41) is 0. The molecule has 0 N–H and O–H groups in total. The zero-order valence-electron chi connectivity index (χ0n) is 11.1. The lowest BCUT2D eigenvalue weighted by Crippen LogP contribution is -2.21. The van der Waals surface area contributed by atoms with Crippen LogP contribution in [0, 0.1) is 5.92 Å². The highest BCUT2D eigenvalue weighted by Gasteiger charge is 2.19. The summed E-state index contributed by atoms with van der Waals surface area (Å²) in [6.07, 6.45) is 15.6. The van der Waals surface area contributed by atoms with Crippen molar-refractivity contribution in [2.75, 3.05) is 6.61 Å². The molecule has 0 spiro atoms. The summed E-state index contributed by atoms with van der Waals surface area (Å²) in [7, 11) is 0. The molecule has 0 unspecified atom stereocenters. The summed E-state index contributed by atoms with van der Waals surface area (Å²) in [5.41, 5.74) is 0. The van der Waals surface area contributed by atoms with Gasteiger partial charge in [-0.1, -0.05) is 38.3 Å². The van der Waals surface area contributed by atoms with Crippen molar-refractivity contribution in [2.24, 2.45) is 5.92 Å². The predicted molar refractivity (Wildman–Crippen MR) is 70.7 cm³/mol. The average Bonchev–Trinajstić information content (AvgIpc) is 2.31. The lowest BCUT2D eigenvalue weighted by Gasteiger charge is -2.26. The summed E-state index contributed by atoms with van der Waals surface area (Å²) in [6.45, 7) is 5.36. The van der Waals surface area contributed by atoms with E-state index in [9.17, 15) is 0 Å². The monoisotopic (exact) mass is 224 g/mol. The Labute approximate surface area is 101 Å². The average molecular weight is 224 g/mol. The minimum atomic E-state index is 0.558. The van der Waals surface area contributed by atoms with Gasteiger partial charge in [-0.3, -0.25) is 0 Å². The minimum Gasteiger partial charge on any atom is -0.378 e. The standard InChI is InChI=1S/C15H28O/c1-3-5-6-7-13-16-15-11-9-14(8-4-2)10-12-15/h4,8,14-15H,3,5-7,9-13H2,1-2H3/b8-4+. The number of allylic oxidation sites excluding steroid dienone is 2. The number of unbranched alkanes of at least 4 members (excludes halogenated alkanes) is 3. The maximum Gasteiger partial charge on any atom is 0.0575 e. The summed E-state index contributed by atoms with van der Waals surface area (Å²) in [4.78, 5) is 0. The second kappa shape index (κ2) is 8.81. The Hall–Kier alpha value is -0.300. The highest BCUT2D eigenvalue weighted by molar-refractivity contribution is 4.89. The largest absolute Gasteiger partial charge is 0.378 e. The van der Waals surface area contributed by atoms with Crippen LogP contribution in [-0.2, 0) is 4.74 Å². The van der Waals surface area contributed by atoms with Gasteiger partial charge >= 0.3 is 0 Å². The minimum absolute atomic E-state index is 0.558. The van der Waals surface area contributed by atoms with Crippen molar-refractivity contribution in [3.05, 3.63) is 12.2 Å². The molecule has 1 aliphatic rings. The first-order chi connectivity index (χ1) is 7.86. The lowest BCUT2D eigenvalue weighted by atomic mass is 9.87. The molecule has 1 aliphatic carbocycles. The van der Waals surface area contributed by atoms with E-state index in [0.29, 0.717) is 6.10 Å². The second-order valence-corrected chi connectivity index (χ2v) is 4.99. The van der Waals surface area contributed by atoms with Gasteiger partial charge in [0.1, 0.15) is 0 Å². The number of ether oxygens (including phenoxy) is 1. The predicted octanol–water partition coefficient (Wildman–Crippen LogP) is 4.72. The van der Waals surface area contributed by atoms with E-state index in [4.69, 9.17) is 4.74 Å². The van der Waals surface area contributed by atoms with Crippen LogP contribution in [0.2, 0.25) is 0 Å². The maximum atomic E-state index is 5.93. The zero-order valence-corrected chi connectivity index (χ0v) is 11.1. The molecule has 16 heavy (non-hydrogen) atoms. The summed E-state index contributed by atoms with van der Waals surface area (Å²) < 4.78 is 5.93. The van der Waals surface area contributed by atoms with Crippen LogP contribution in [0.15, 0.2) is 12.2 Å². The first-order valence-corrected chi connectivity index (χ1v) is 7.11. The van der Waals surface area contributed by atoms with Crippen molar-refractivity contribution in [2.45, 2.75) is 71.3 Å². The van der Waals surface area contributed by atoms with Crippen molar-refractivity contribution < 1.29 is 4.74 Å². The van der Waals surface area contributed by atoms with Gasteiger partial charge in [-0.2, -0.15) is 0 Å². The Morgan fingerprint density at radius 2 is 1.81 bits per heavy atom. The molecule has 1 nitrogen and oxygen atoms in total. The van der Waals surface area contributed by atoms with Gasteiger partial charge in [0.2, 0.25) is 0 Å². The van der Waals surface area contributed by atoms with E-state index < -0.39 is 0 Å². The van der Waals surface area contributed by atoms with Crippen LogP contribution in [-0.4, -0.2) is 12.7 Å². The van der Waals surface area contributed by atoms with E-state index in [1.807, 2.05) is 0 Å². The third-order valence-electron chi connectivity index (χ3n) is 3.53. The van der Waals surface area contributed by atoms with Crippen LogP contribution in [0.1, 0.15) is 65.2 Å². The fraction of sp³-hybridized carbons (Fsp3) is 0.867. The molecule has 0 saturated heterocycles. The molecule has 1 heteroatoms. The molecular weight excluding hydrogens is 196 g/mol. The van der Waals surface area contributed by atoms with Gasteiger partial charge in [0.05, 0.1) is 6.10 Å². The van der Waals surface area contributed by atoms with Crippen LogP contribution < -0.4 is 0 Å². The Kier molecular flexibility index (Phi) is 7.58. The Morgan fingerprint density at radius 1 is 1.06 bits per heavy atom. The number of hydrogen-bond donors (Lipinski definition) is 0. The molecule has 0 radical (unpaired) electrons. The third-order valence-corrected chi connectivity index (χ3v) is 3.53. The number of hydrogen-bond acceptors (Lipinski definition) is 1. The van der Waals surface area contributed by atoms with Gasteiger partial charge in [-0.15, -0.1) is 0 Å². The van der Waals surface area contributed by atoms with Crippen molar-refractivity contribution in [1.82, 2.24) is 0 Å². The van der Waals surface area contributed by atoms with Crippen molar-refractivity contribution in [1.29, 1.82) is 0 Å². The van der Waals surface area contributed by atoms with Crippen LogP contribution >= 0.6 is 0 Å². The quantitative estimate of drug-likeness (QED) is 0.449. The van der Waals surface area contributed by atoms with E-state index in [0.717, 1.165) is 12.5 Å². The molecule has 1 saturated carbocycles. The van der Waals surface area contributed by atoms with Crippen LogP contribution in [0.3, 0.4) is 0 Å². The van der Waals surface area contributed by atoms with Crippen LogP contribution in [0.5, 0.6) is 0 Å². The molecule has 1 fully saturated rings. The van der Waals surface area contributed by atoms with Gasteiger partial charge < -0.3 is 4.74 Å². The van der Waals surface area contributed by atoms with Crippen molar-refractivity contribution in [3.63, 3.8) is 0 Å². The van der Waals surface area contributed by atoms with Gasteiger partial charge in [0, 0.05) is 6.61 Å². The molecule has 0 aliphatic heterocycles. The van der Waals surface area contributed by atoms with E-state index in [1.54, 1.807) is 0 Å². The lowest BCUT2D eigenvalue weighted by molar-refractivity contribution is 0.0203. The van der Waals surface area contributed by atoms with Gasteiger partial charge in [-0.25, -0.2) is 0 Å². The van der Waals surface area contributed by atoms with Gasteiger partial charge in [0.25, 0.3) is 0 Å². The van der Waals surface area contributed by atoms with Crippen LogP contribution in [0.4, 0.5) is 0 Å². The first kappa shape index (κ1) is 13.8. The second-order valence-electron chi connectivity index (χ2n) is 4.99. The molecule has 94 valence electrons. The van der Waals surface area contributed by atoms with Crippen molar-refractivity contribution >= 4 is 0 Å². The SMILES string of the molecule is C/C=C/C1CCC(OCCCCCC)CC1. The molecule has 0 atom stereocenters. The van der Waals surface area contributed by atoms with E-state index >= 15 is 0 Å². The summed E-state index contributed by atoms with van der Waals surface area (Å²) >= 11 is 0. The fourth-order valence-corrected chi connectivity index (χ4v) is 2.50. The van der Waals surface area contributed by atoms with E-state index in [1.165, 1.54) is 51.4 Å². The Morgan fingerprint density at radius 3 is 2.44 bits per heavy atom. The summed E-state index contributed by atoms with van der Waals surface area (Å²) in [6, 6.07) is 0. The molecular formula is C15H28O. The van der Waals surface area contributed by atoms with E-state index in [-0.39, 0.29) is 0 Å². The van der Waals surface area contributed by atoms with Crippen molar-refractivity contribution in [3.8, 4) is 0 Å². The molecule has 0 aromatic rings. The van der Waals surface area contributed by atoms with Gasteiger partial charge in [0.15, 0.2) is 0 Å². The Balaban J connectivity index is 1.99. The third kappa shape index (κ3) is 5.69. The van der Waals surface area contributed by atoms with Gasteiger partial charge in [-0.05, 0) is 44.9 Å².